The Hall–Kier alpha value is -2.81. The first kappa shape index (κ1) is 23.4. The number of carbonyl (C=O) groups excluding carboxylic acids is 1. The van der Waals surface area contributed by atoms with Crippen LogP contribution in [0.15, 0.2) is 48.7 Å². The molecule has 0 spiro atoms. The molecule has 1 amide bonds. The monoisotopic (exact) mass is 463 g/mol. The fourth-order valence-corrected chi connectivity index (χ4v) is 4.82. The summed E-state index contributed by atoms with van der Waals surface area (Å²) in [6.45, 7) is 4.91. The Bertz CT molecular complexity index is 976. The van der Waals surface area contributed by atoms with Gasteiger partial charge < -0.3 is 19.6 Å². The normalized spacial score (nSPS) is 24.2. The Kier molecular flexibility index (Phi) is 6.03. The van der Waals surface area contributed by atoms with Gasteiger partial charge >= 0.3 is 12.3 Å². The van der Waals surface area contributed by atoms with Gasteiger partial charge in [-0.15, -0.1) is 0 Å². The lowest BCUT2D eigenvalue weighted by Crippen LogP contribution is -2.54. The van der Waals surface area contributed by atoms with Crippen molar-refractivity contribution in [2.45, 2.75) is 56.5 Å². The van der Waals surface area contributed by atoms with Gasteiger partial charge in [-0.25, -0.2) is 9.78 Å². The average Bonchev–Trinajstić information content (AvgIpc) is 3.23. The van der Waals surface area contributed by atoms with E-state index in [1.54, 1.807) is 18.7 Å². The molecular formula is C24H28F3N3O3. The molecule has 0 saturated carbocycles. The number of benzene rings is 1. The highest BCUT2D eigenvalue weighted by atomic mass is 19.4. The molecule has 9 heteroatoms. The van der Waals surface area contributed by atoms with Crippen LogP contribution >= 0.6 is 0 Å². The zero-order valence-corrected chi connectivity index (χ0v) is 18.7. The number of alkyl halides is 3. The van der Waals surface area contributed by atoms with Crippen molar-refractivity contribution in [3.05, 3.63) is 59.8 Å². The molecule has 0 unspecified atom stereocenters. The predicted molar refractivity (Wildman–Crippen MR) is 117 cm³/mol. The molecule has 1 aromatic heterocycles. The van der Waals surface area contributed by atoms with E-state index < -0.39 is 29.0 Å². The van der Waals surface area contributed by atoms with E-state index in [1.807, 2.05) is 35.2 Å². The molecule has 0 bridgehead atoms. The number of ether oxygens (including phenoxy) is 1. The number of hydrogen-bond acceptors (Lipinski definition) is 5. The first-order valence-corrected chi connectivity index (χ1v) is 11.0. The smallest absolute Gasteiger partial charge is 0.417 e. The van der Waals surface area contributed by atoms with E-state index in [9.17, 15) is 23.1 Å². The Balaban J connectivity index is 1.46. The highest BCUT2D eigenvalue weighted by molar-refractivity contribution is 5.70. The number of hydrogen-bond donors (Lipinski definition) is 1. The largest absolute Gasteiger partial charge is 0.438 e. The van der Waals surface area contributed by atoms with Gasteiger partial charge in [0.05, 0.1) is 17.2 Å². The molecule has 2 atom stereocenters. The summed E-state index contributed by atoms with van der Waals surface area (Å²) in [5.41, 5.74) is -1.88. The van der Waals surface area contributed by atoms with E-state index >= 15 is 0 Å². The molecule has 2 aliphatic heterocycles. The molecular weight excluding hydrogens is 435 g/mol. The van der Waals surface area contributed by atoms with Crippen molar-refractivity contribution >= 4 is 11.9 Å². The number of amides is 1. The Labute approximate surface area is 191 Å². The number of carbonyl (C=O) groups is 1. The van der Waals surface area contributed by atoms with Crippen molar-refractivity contribution in [3.63, 3.8) is 0 Å². The summed E-state index contributed by atoms with van der Waals surface area (Å²) >= 11 is 0. The third kappa shape index (κ3) is 5.08. The Morgan fingerprint density at radius 1 is 1.15 bits per heavy atom. The lowest BCUT2D eigenvalue weighted by Gasteiger charge is -2.45. The molecule has 2 fully saturated rings. The molecule has 2 saturated heterocycles. The number of cyclic esters (lactones) is 1. The van der Waals surface area contributed by atoms with Gasteiger partial charge in [0.25, 0.3) is 0 Å². The second kappa shape index (κ2) is 8.52. The number of aromatic nitrogens is 1. The van der Waals surface area contributed by atoms with Crippen LogP contribution in [0.1, 0.15) is 44.2 Å². The van der Waals surface area contributed by atoms with E-state index in [1.165, 1.54) is 6.07 Å². The van der Waals surface area contributed by atoms with Crippen molar-refractivity contribution in [3.8, 4) is 0 Å². The summed E-state index contributed by atoms with van der Waals surface area (Å²) in [6, 6.07) is 11.7. The molecule has 2 aliphatic rings. The van der Waals surface area contributed by atoms with Crippen LogP contribution in [-0.2, 0) is 16.5 Å². The van der Waals surface area contributed by atoms with Gasteiger partial charge in [0.2, 0.25) is 0 Å². The topological polar surface area (TPSA) is 65.9 Å². The number of rotatable bonds is 5. The van der Waals surface area contributed by atoms with Crippen molar-refractivity contribution in [2.75, 3.05) is 24.5 Å². The lowest BCUT2D eigenvalue weighted by atomic mass is 9.80. The highest BCUT2D eigenvalue weighted by Gasteiger charge is 2.47. The molecule has 1 N–H and O–H groups in total. The number of anilines is 1. The van der Waals surface area contributed by atoms with Crippen molar-refractivity contribution in [1.82, 2.24) is 9.88 Å². The van der Waals surface area contributed by atoms with Crippen LogP contribution in [0.2, 0.25) is 0 Å². The molecule has 0 aliphatic carbocycles. The average molecular weight is 464 g/mol. The van der Waals surface area contributed by atoms with Gasteiger partial charge in [-0.2, -0.15) is 13.2 Å². The minimum absolute atomic E-state index is 0.127. The number of pyridine rings is 1. The van der Waals surface area contributed by atoms with Gasteiger partial charge in [-0.3, -0.25) is 0 Å². The lowest BCUT2D eigenvalue weighted by molar-refractivity contribution is -0.137. The van der Waals surface area contributed by atoms with Crippen LogP contribution in [0, 0.1) is 0 Å². The van der Waals surface area contributed by atoms with E-state index in [4.69, 9.17) is 4.74 Å². The van der Waals surface area contributed by atoms with Gasteiger partial charge in [-0.05, 0) is 38.0 Å². The van der Waals surface area contributed by atoms with Crippen molar-refractivity contribution in [2.24, 2.45) is 0 Å². The second-order valence-corrected chi connectivity index (χ2v) is 9.45. The zero-order valence-electron chi connectivity index (χ0n) is 18.7. The number of aliphatic hydroxyl groups is 1. The molecule has 4 rings (SSSR count). The molecule has 6 nitrogen and oxygen atoms in total. The van der Waals surface area contributed by atoms with Crippen LogP contribution in [0.4, 0.5) is 23.8 Å². The highest BCUT2D eigenvalue weighted by Crippen LogP contribution is 2.41. The summed E-state index contributed by atoms with van der Waals surface area (Å²) in [4.78, 5) is 20.7. The molecule has 0 radical (unpaired) electrons. The van der Waals surface area contributed by atoms with Crippen LogP contribution in [0.5, 0.6) is 0 Å². The first-order valence-electron chi connectivity index (χ1n) is 11.0. The summed E-state index contributed by atoms with van der Waals surface area (Å²) in [5, 5.41) is 10.5. The summed E-state index contributed by atoms with van der Waals surface area (Å²) < 4.78 is 44.4. The van der Waals surface area contributed by atoms with E-state index in [-0.39, 0.29) is 12.5 Å². The first-order chi connectivity index (χ1) is 15.5. The Morgan fingerprint density at radius 3 is 2.45 bits per heavy atom. The predicted octanol–water partition coefficient (Wildman–Crippen LogP) is 4.58. The summed E-state index contributed by atoms with van der Waals surface area (Å²) in [5.74, 6) is 0.455. The Morgan fingerprint density at radius 2 is 1.88 bits per heavy atom. The third-order valence-electron chi connectivity index (χ3n) is 6.30. The van der Waals surface area contributed by atoms with E-state index in [2.05, 4.69) is 4.98 Å². The number of halogens is 3. The fraction of sp³-hybridized carbons (Fsp3) is 0.500. The molecule has 2 aromatic rings. The quantitative estimate of drug-likeness (QED) is 0.703. The SMILES string of the molecule is CC(C)(O)C[C@]1(c2ccccc2)CCN([C@H]2CCN(c3ccc(C(F)(F)F)cn3)C2)C(=O)O1. The second-order valence-electron chi connectivity index (χ2n) is 9.45. The van der Waals surface area contributed by atoms with E-state index in [0.717, 1.165) is 17.8 Å². The minimum Gasteiger partial charge on any atom is -0.438 e. The minimum atomic E-state index is -4.43. The fourth-order valence-electron chi connectivity index (χ4n) is 4.82. The number of nitrogens with zero attached hydrogens (tertiary/aromatic N) is 3. The molecule has 1 aromatic carbocycles. The van der Waals surface area contributed by atoms with Crippen molar-refractivity contribution < 1.29 is 27.8 Å². The maximum atomic E-state index is 13.1. The zero-order chi connectivity index (χ0) is 23.9. The van der Waals surface area contributed by atoms with Crippen molar-refractivity contribution in [1.29, 1.82) is 0 Å². The van der Waals surface area contributed by atoms with Gasteiger partial charge in [0.15, 0.2) is 0 Å². The van der Waals surface area contributed by atoms with Crippen LogP contribution in [0.25, 0.3) is 0 Å². The standard InChI is InChI=1S/C24H28F3N3O3/c1-22(2,32)16-23(17-6-4-3-5-7-17)11-13-30(21(31)33-23)19-10-12-29(15-19)20-9-8-18(14-28-20)24(25,26)27/h3-9,14,19,32H,10-13,15-16H2,1-2H3/t19-,23-/m0/s1. The van der Waals surface area contributed by atoms with Gasteiger partial charge in [0, 0.05) is 38.7 Å². The third-order valence-corrected chi connectivity index (χ3v) is 6.30. The maximum Gasteiger partial charge on any atom is 0.417 e. The van der Waals surface area contributed by atoms with Crippen LogP contribution < -0.4 is 4.90 Å². The van der Waals surface area contributed by atoms with Gasteiger partial charge in [0.1, 0.15) is 11.4 Å². The summed E-state index contributed by atoms with van der Waals surface area (Å²) in [6.07, 6.45) is -2.56. The molecule has 33 heavy (non-hydrogen) atoms. The van der Waals surface area contributed by atoms with Crippen LogP contribution in [-0.4, -0.2) is 52.4 Å². The van der Waals surface area contributed by atoms with Crippen LogP contribution in [0.3, 0.4) is 0 Å². The van der Waals surface area contributed by atoms with Gasteiger partial charge in [-0.1, -0.05) is 30.3 Å². The van der Waals surface area contributed by atoms with E-state index in [0.29, 0.717) is 38.3 Å². The molecule has 3 heterocycles. The maximum absolute atomic E-state index is 13.1. The molecule has 178 valence electrons. The summed E-state index contributed by atoms with van der Waals surface area (Å²) in [7, 11) is 0.